The van der Waals surface area contributed by atoms with Gasteiger partial charge in [0.2, 0.25) is 5.95 Å². The zero-order valence-corrected chi connectivity index (χ0v) is 15.3. The van der Waals surface area contributed by atoms with Gasteiger partial charge in [0, 0.05) is 38.2 Å². The average molecular weight is 340 g/mol. The summed E-state index contributed by atoms with van der Waals surface area (Å²) in [6.45, 7) is 1.71. The zero-order valence-electron chi connectivity index (χ0n) is 15.3. The molecule has 2 aromatic rings. The zero-order chi connectivity index (χ0) is 18.0. The van der Waals surface area contributed by atoms with Crippen LogP contribution in [0, 0.1) is 0 Å². The minimum Gasteiger partial charge on any atom is -0.368 e. The lowest BCUT2D eigenvalue weighted by Crippen LogP contribution is -2.35. The molecule has 1 aliphatic carbocycles. The Bertz CT molecular complexity index is 724. The van der Waals surface area contributed by atoms with Crippen LogP contribution in [0.4, 0.5) is 11.8 Å². The summed E-state index contributed by atoms with van der Waals surface area (Å²) in [6, 6.07) is 11.0. The van der Waals surface area contributed by atoms with Gasteiger partial charge in [-0.2, -0.15) is 4.98 Å². The first kappa shape index (κ1) is 17.6. The van der Waals surface area contributed by atoms with Crippen LogP contribution in [0.1, 0.15) is 35.6 Å². The van der Waals surface area contributed by atoms with Crippen molar-refractivity contribution in [2.75, 3.05) is 31.8 Å². The van der Waals surface area contributed by atoms with Gasteiger partial charge in [-0.05, 0) is 38.1 Å². The molecule has 1 fully saturated rings. The summed E-state index contributed by atoms with van der Waals surface area (Å²) >= 11 is 0. The monoisotopic (exact) mass is 340 g/mol. The van der Waals surface area contributed by atoms with E-state index in [0.29, 0.717) is 17.9 Å². The maximum atomic E-state index is 5.94. The summed E-state index contributed by atoms with van der Waals surface area (Å²) in [5, 5.41) is 0. The van der Waals surface area contributed by atoms with Crippen molar-refractivity contribution < 1.29 is 0 Å². The molecule has 0 saturated heterocycles. The van der Waals surface area contributed by atoms with Crippen LogP contribution in [0.15, 0.2) is 30.3 Å². The highest BCUT2D eigenvalue weighted by molar-refractivity contribution is 5.45. The molecule has 4 N–H and O–H groups in total. The molecule has 1 aromatic carbocycles. The van der Waals surface area contributed by atoms with Gasteiger partial charge in [0.05, 0.1) is 5.69 Å². The van der Waals surface area contributed by atoms with Crippen LogP contribution < -0.4 is 16.4 Å². The Hall–Kier alpha value is -2.18. The van der Waals surface area contributed by atoms with Gasteiger partial charge in [-0.25, -0.2) is 4.98 Å². The van der Waals surface area contributed by atoms with E-state index in [1.165, 1.54) is 11.1 Å². The fraction of sp³-hybridized carbons (Fsp3) is 0.474. The maximum Gasteiger partial charge on any atom is 0.222 e. The second-order valence-electron chi connectivity index (χ2n) is 7.35. The van der Waals surface area contributed by atoms with Crippen molar-refractivity contribution in [2.45, 2.75) is 37.9 Å². The topological polar surface area (TPSA) is 84.3 Å². The van der Waals surface area contributed by atoms with Crippen molar-refractivity contribution in [1.82, 2.24) is 14.9 Å². The molecule has 6 nitrogen and oxygen atoms in total. The summed E-state index contributed by atoms with van der Waals surface area (Å²) < 4.78 is 0. The Balaban J connectivity index is 1.73. The number of nitrogen functional groups attached to an aromatic ring is 1. The summed E-state index contributed by atoms with van der Waals surface area (Å²) in [4.78, 5) is 13.1. The second-order valence-corrected chi connectivity index (χ2v) is 7.35. The van der Waals surface area contributed by atoms with E-state index in [0.717, 1.165) is 37.4 Å². The SMILES string of the molecule is CN(C)Cc1cccc(CN(C)c2cc(C3CC(N)C3)nc(N)n2)c1. The van der Waals surface area contributed by atoms with Crippen LogP contribution in [0.25, 0.3) is 0 Å². The Morgan fingerprint density at radius 2 is 1.72 bits per heavy atom. The third kappa shape index (κ3) is 4.46. The van der Waals surface area contributed by atoms with E-state index < -0.39 is 0 Å². The van der Waals surface area contributed by atoms with Gasteiger partial charge in [-0.15, -0.1) is 0 Å². The van der Waals surface area contributed by atoms with E-state index in [2.05, 4.69) is 64.2 Å². The summed E-state index contributed by atoms with van der Waals surface area (Å²) in [7, 11) is 6.20. The number of hydrogen-bond acceptors (Lipinski definition) is 6. The average Bonchev–Trinajstić information content (AvgIpc) is 2.51. The lowest BCUT2D eigenvalue weighted by atomic mass is 9.78. The van der Waals surface area contributed by atoms with Crippen molar-refractivity contribution in [3.05, 3.63) is 47.2 Å². The fourth-order valence-electron chi connectivity index (χ4n) is 3.33. The van der Waals surface area contributed by atoms with Crippen molar-refractivity contribution in [3.8, 4) is 0 Å². The van der Waals surface area contributed by atoms with E-state index in [9.17, 15) is 0 Å². The first-order valence-corrected chi connectivity index (χ1v) is 8.74. The molecule has 0 unspecified atom stereocenters. The molecule has 0 amide bonds. The third-order valence-electron chi connectivity index (χ3n) is 4.64. The lowest BCUT2D eigenvalue weighted by molar-refractivity contribution is 0.345. The van der Waals surface area contributed by atoms with Gasteiger partial charge >= 0.3 is 0 Å². The summed E-state index contributed by atoms with van der Waals surface area (Å²) in [5.41, 5.74) is 15.4. The molecule has 0 atom stereocenters. The molecule has 1 aliphatic rings. The Morgan fingerprint density at radius 3 is 2.36 bits per heavy atom. The Labute approximate surface area is 149 Å². The largest absolute Gasteiger partial charge is 0.368 e. The Morgan fingerprint density at radius 1 is 1.04 bits per heavy atom. The highest BCUT2D eigenvalue weighted by Crippen LogP contribution is 2.35. The van der Waals surface area contributed by atoms with Gasteiger partial charge in [0.15, 0.2) is 0 Å². The molecular formula is C19H28N6. The van der Waals surface area contributed by atoms with Gasteiger partial charge < -0.3 is 21.3 Å². The maximum absolute atomic E-state index is 5.94. The summed E-state index contributed by atoms with van der Waals surface area (Å²) in [6.07, 6.45) is 1.96. The number of aromatic nitrogens is 2. The predicted molar refractivity (Wildman–Crippen MR) is 102 cm³/mol. The summed E-state index contributed by atoms with van der Waals surface area (Å²) in [5.74, 6) is 1.61. The van der Waals surface area contributed by atoms with E-state index >= 15 is 0 Å². The molecule has 25 heavy (non-hydrogen) atoms. The number of benzene rings is 1. The first-order chi connectivity index (χ1) is 11.9. The standard InChI is InChI=1S/C19H28N6/c1-24(2)11-13-5-4-6-14(7-13)12-25(3)18-10-17(22-19(21)23-18)15-8-16(20)9-15/h4-7,10,15-16H,8-9,11-12,20H2,1-3H3,(H2,21,22,23). The van der Waals surface area contributed by atoms with Crippen LogP contribution in [0.5, 0.6) is 0 Å². The molecule has 1 heterocycles. The highest BCUT2D eigenvalue weighted by Gasteiger charge is 2.29. The van der Waals surface area contributed by atoms with Crippen LogP contribution in [0.2, 0.25) is 0 Å². The molecule has 0 aliphatic heterocycles. The van der Waals surface area contributed by atoms with E-state index in [1.807, 2.05) is 7.05 Å². The van der Waals surface area contributed by atoms with Crippen LogP contribution in [-0.4, -0.2) is 42.1 Å². The van der Waals surface area contributed by atoms with Gasteiger partial charge in [0.25, 0.3) is 0 Å². The molecule has 0 spiro atoms. The number of anilines is 2. The lowest BCUT2D eigenvalue weighted by Gasteiger charge is -2.32. The van der Waals surface area contributed by atoms with Crippen molar-refractivity contribution in [1.29, 1.82) is 0 Å². The quantitative estimate of drug-likeness (QED) is 0.836. The third-order valence-corrected chi connectivity index (χ3v) is 4.64. The van der Waals surface area contributed by atoms with Crippen LogP contribution in [0.3, 0.4) is 0 Å². The Kier molecular flexibility index (Phi) is 5.20. The first-order valence-electron chi connectivity index (χ1n) is 8.74. The molecule has 6 heteroatoms. The normalized spacial score (nSPS) is 19.7. The number of nitrogens with zero attached hydrogens (tertiary/aromatic N) is 4. The molecular weight excluding hydrogens is 312 g/mol. The van der Waals surface area contributed by atoms with Crippen molar-refractivity contribution in [2.24, 2.45) is 5.73 Å². The number of nitrogens with two attached hydrogens (primary N) is 2. The molecule has 1 aromatic heterocycles. The van der Waals surface area contributed by atoms with E-state index in [-0.39, 0.29) is 0 Å². The van der Waals surface area contributed by atoms with Crippen molar-refractivity contribution in [3.63, 3.8) is 0 Å². The highest BCUT2D eigenvalue weighted by atomic mass is 15.2. The second kappa shape index (κ2) is 7.37. The number of rotatable bonds is 6. The molecule has 0 bridgehead atoms. The molecule has 1 saturated carbocycles. The van der Waals surface area contributed by atoms with Gasteiger partial charge in [-0.3, -0.25) is 0 Å². The van der Waals surface area contributed by atoms with Crippen LogP contribution in [-0.2, 0) is 13.1 Å². The van der Waals surface area contributed by atoms with E-state index in [4.69, 9.17) is 11.5 Å². The van der Waals surface area contributed by atoms with Gasteiger partial charge in [0.1, 0.15) is 5.82 Å². The molecule has 0 radical (unpaired) electrons. The minimum absolute atomic E-state index is 0.293. The number of hydrogen-bond donors (Lipinski definition) is 2. The molecule has 134 valence electrons. The minimum atomic E-state index is 0.293. The molecule has 3 rings (SSSR count). The van der Waals surface area contributed by atoms with Crippen LogP contribution >= 0.6 is 0 Å². The fourth-order valence-corrected chi connectivity index (χ4v) is 3.33. The smallest absolute Gasteiger partial charge is 0.222 e. The van der Waals surface area contributed by atoms with Gasteiger partial charge in [-0.1, -0.05) is 24.3 Å². The van der Waals surface area contributed by atoms with Crippen molar-refractivity contribution >= 4 is 11.8 Å². The predicted octanol–water partition coefficient (Wildman–Crippen LogP) is 1.96. The van der Waals surface area contributed by atoms with E-state index in [1.54, 1.807) is 0 Å².